The van der Waals surface area contributed by atoms with E-state index in [1.54, 1.807) is 20.8 Å². The van der Waals surface area contributed by atoms with Crippen LogP contribution in [0.3, 0.4) is 0 Å². The molecule has 0 aliphatic heterocycles. The molecule has 0 unspecified atom stereocenters. The Morgan fingerprint density at radius 2 is 0.576 bits per heavy atom. The van der Waals surface area contributed by atoms with Crippen molar-refractivity contribution in [2.24, 2.45) is 10.8 Å². The van der Waals surface area contributed by atoms with Crippen molar-refractivity contribution >= 4 is 35.4 Å². The first-order valence-electron chi connectivity index (χ1n) is 20.0. The summed E-state index contributed by atoms with van der Waals surface area (Å²) in [5, 5.41) is 16.3. The Hall–Kier alpha value is -4.24. The molecule has 0 rings (SSSR count). The molecule has 0 aliphatic rings. The zero-order valence-corrected chi connectivity index (χ0v) is 35.4. The number of amides is 6. The van der Waals surface area contributed by atoms with Crippen LogP contribution in [0.2, 0.25) is 0 Å². The minimum absolute atomic E-state index is 0.0114. The largest absolute Gasteiger partial charge is 0.380 e. The predicted molar refractivity (Wildman–Crippen MR) is 220 cm³/mol. The quantitative estimate of drug-likeness (QED) is 0.0340. The Morgan fingerprint density at radius 3 is 0.780 bits per heavy atom. The third-order valence-electron chi connectivity index (χ3n) is 8.13. The smallest absolute Gasteiger partial charge is 0.243 e. The van der Waals surface area contributed by atoms with Gasteiger partial charge in [0.1, 0.15) is 0 Å². The molecule has 0 aromatic rings. The molecule has 59 heavy (non-hydrogen) atoms. The second-order valence-electron chi connectivity index (χ2n) is 13.4. The molecule has 19 heteroatoms. The fraction of sp³-hybridized carbons (Fsp3) is 0.700. The van der Waals surface area contributed by atoms with E-state index in [9.17, 15) is 28.8 Å². The molecule has 6 N–H and O–H groups in total. The summed E-state index contributed by atoms with van der Waals surface area (Å²) in [6.45, 7) is 18.5. The highest BCUT2D eigenvalue weighted by atomic mass is 16.5. The molecular weight excluding hydrogens is 772 g/mol. The van der Waals surface area contributed by atoms with Crippen molar-refractivity contribution in [1.82, 2.24) is 31.9 Å². The molecule has 19 nitrogen and oxygen atoms in total. The van der Waals surface area contributed by atoms with E-state index in [0.29, 0.717) is 19.3 Å². The van der Waals surface area contributed by atoms with E-state index in [1.807, 2.05) is 0 Å². The first kappa shape index (κ1) is 54.8. The third kappa shape index (κ3) is 29.6. The summed E-state index contributed by atoms with van der Waals surface area (Å²) >= 11 is 0. The highest BCUT2D eigenvalue weighted by Crippen LogP contribution is 2.25. The van der Waals surface area contributed by atoms with Crippen LogP contribution in [-0.2, 0) is 61.9 Å². The van der Waals surface area contributed by atoms with Gasteiger partial charge in [-0.05, 0) is 18.2 Å². The van der Waals surface area contributed by atoms with Gasteiger partial charge in [0.15, 0.2) is 0 Å². The molecule has 0 saturated carbocycles. The molecule has 0 aromatic carbocycles. The summed E-state index contributed by atoms with van der Waals surface area (Å²) in [7, 11) is 0. The Balaban J connectivity index is 6.41. The molecule has 0 fully saturated rings. The average Bonchev–Trinajstić information content (AvgIpc) is 3.24. The van der Waals surface area contributed by atoms with Gasteiger partial charge < -0.3 is 65.1 Å². The van der Waals surface area contributed by atoms with Crippen molar-refractivity contribution in [3.8, 4) is 0 Å². The second kappa shape index (κ2) is 35.7. The minimum atomic E-state index is -0.957. The molecule has 0 spiro atoms. The fourth-order valence-electron chi connectivity index (χ4n) is 4.83. The van der Waals surface area contributed by atoms with Crippen molar-refractivity contribution in [2.75, 3.05) is 132 Å². The summed E-state index contributed by atoms with van der Waals surface area (Å²) in [6, 6.07) is 0. The number of carbonyl (C=O) groups is 6. The molecule has 0 heterocycles. The van der Waals surface area contributed by atoms with E-state index >= 15 is 0 Å². The van der Waals surface area contributed by atoms with E-state index in [1.165, 1.54) is 0 Å². The summed E-state index contributed by atoms with van der Waals surface area (Å²) in [4.78, 5) is 70.6. The number of hydrogen-bond donors (Lipinski definition) is 6. The highest BCUT2D eigenvalue weighted by molar-refractivity contribution is 5.87. The summed E-state index contributed by atoms with van der Waals surface area (Å²) in [5.41, 5.74) is -1.88. The van der Waals surface area contributed by atoms with E-state index in [-0.39, 0.29) is 167 Å². The van der Waals surface area contributed by atoms with Crippen molar-refractivity contribution in [2.45, 2.75) is 40.0 Å². The van der Waals surface area contributed by atoms with Gasteiger partial charge in [0.05, 0.1) is 103 Å². The van der Waals surface area contributed by atoms with Crippen LogP contribution in [0.1, 0.15) is 40.0 Å². The molecule has 338 valence electrons. The lowest BCUT2D eigenvalue weighted by molar-refractivity contribution is -0.142. The maximum absolute atomic E-state index is 11.8. The topological polar surface area (TPSA) is 239 Å². The van der Waals surface area contributed by atoms with Crippen molar-refractivity contribution in [3.63, 3.8) is 0 Å². The van der Waals surface area contributed by atoms with Crippen LogP contribution in [0.15, 0.2) is 38.0 Å². The van der Waals surface area contributed by atoms with Crippen LogP contribution in [0.25, 0.3) is 0 Å². The molecule has 0 aromatic heterocycles. The summed E-state index contributed by atoms with van der Waals surface area (Å²) in [5.74, 6) is -1.40. The second-order valence-corrected chi connectivity index (χ2v) is 13.4. The highest BCUT2D eigenvalue weighted by Gasteiger charge is 2.37. The number of nitrogens with one attached hydrogen (secondary N) is 6. The Morgan fingerprint density at radius 1 is 0.373 bits per heavy atom. The Labute approximate surface area is 349 Å². The number of carbonyl (C=O) groups excluding carboxylic acids is 6. The van der Waals surface area contributed by atoms with Crippen LogP contribution in [-0.4, -0.2) is 167 Å². The maximum atomic E-state index is 11.8. The Kier molecular flexibility index (Phi) is 33.1. The van der Waals surface area contributed by atoms with Gasteiger partial charge in [-0.2, -0.15) is 0 Å². The molecule has 0 bridgehead atoms. The van der Waals surface area contributed by atoms with Gasteiger partial charge in [0, 0.05) is 58.5 Å². The monoisotopic (exact) mass is 843 g/mol. The standard InChI is InChI=1S/C40H70N6O13/c1-7-33(47)41-13-19-53-25-39(26-54-20-14-42-34(48)8-2,27-55-21-15-43-35(49)9-3)31-59-32-40(28-56-22-16-44-36(50)10-4,29-57-23-17-45-37(51)11-5)30-58-24-18-46-38(52)12-6/h7-9H,1-3,10-32H2,4-6H3,(H,41,47)(H,42,48)(H,43,49)(H,44,50)(H,45,51)(H,46,52). The molecule has 6 amide bonds. The normalized spacial score (nSPS) is 11.2. The third-order valence-corrected chi connectivity index (χ3v) is 8.13. The van der Waals surface area contributed by atoms with Gasteiger partial charge in [-0.3, -0.25) is 28.8 Å². The van der Waals surface area contributed by atoms with Gasteiger partial charge >= 0.3 is 0 Å². The molecule has 0 radical (unpaired) electrons. The first-order chi connectivity index (χ1) is 28.4. The number of rotatable bonds is 40. The zero-order valence-electron chi connectivity index (χ0n) is 35.4. The lowest BCUT2D eigenvalue weighted by Crippen LogP contribution is -2.47. The van der Waals surface area contributed by atoms with Crippen molar-refractivity contribution in [1.29, 1.82) is 0 Å². The molecule has 0 saturated heterocycles. The van der Waals surface area contributed by atoms with Crippen LogP contribution in [0, 0.1) is 10.8 Å². The fourth-order valence-corrected chi connectivity index (χ4v) is 4.83. The van der Waals surface area contributed by atoms with Crippen LogP contribution < -0.4 is 31.9 Å². The lowest BCUT2D eigenvalue weighted by Gasteiger charge is -2.37. The van der Waals surface area contributed by atoms with E-state index in [4.69, 9.17) is 33.2 Å². The maximum Gasteiger partial charge on any atom is 0.243 e. The summed E-state index contributed by atoms with van der Waals surface area (Å²) < 4.78 is 42.8. The SMILES string of the molecule is C=CC(=O)NCCOCC(COCCNC(=O)C=C)(COCCNC(=O)C=C)COCC(COCCNC(=O)CC)(COCCNC(=O)CC)COCCNC(=O)CC. The molecule has 0 atom stereocenters. The van der Waals surface area contributed by atoms with E-state index in [2.05, 4.69) is 51.6 Å². The Bertz CT molecular complexity index is 1110. The van der Waals surface area contributed by atoms with E-state index < -0.39 is 10.8 Å². The van der Waals surface area contributed by atoms with Crippen molar-refractivity contribution < 1.29 is 61.9 Å². The van der Waals surface area contributed by atoms with Crippen LogP contribution in [0.5, 0.6) is 0 Å². The molecule has 0 aliphatic carbocycles. The average molecular weight is 843 g/mol. The minimum Gasteiger partial charge on any atom is -0.380 e. The van der Waals surface area contributed by atoms with Gasteiger partial charge in [-0.15, -0.1) is 0 Å². The molecular formula is C40H70N6O13. The van der Waals surface area contributed by atoms with Gasteiger partial charge in [0.2, 0.25) is 35.4 Å². The summed E-state index contributed by atoms with van der Waals surface area (Å²) in [6.07, 6.45) is 4.46. The lowest BCUT2D eigenvalue weighted by atomic mass is 9.90. The van der Waals surface area contributed by atoms with Crippen LogP contribution >= 0.6 is 0 Å². The first-order valence-corrected chi connectivity index (χ1v) is 20.0. The number of ether oxygens (including phenoxy) is 7. The van der Waals surface area contributed by atoms with Gasteiger partial charge in [-0.1, -0.05) is 40.5 Å². The van der Waals surface area contributed by atoms with E-state index in [0.717, 1.165) is 18.2 Å². The number of hydrogen-bond acceptors (Lipinski definition) is 13. The van der Waals surface area contributed by atoms with Gasteiger partial charge in [-0.25, -0.2) is 0 Å². The zero-order chi connectivity index (χ0) is 44.0. The predicted octanol–water partition coefficient (Wildman–Crippen LogP) is -0.439. The van der Waals surface area contributed by atoms with Gasteiger partial charge in [0.25, 0.3) is 0 Å². The van der Waals surface area contributed by atoms with Crippen LogP contribution in [0.4, 0.5) is 0 Å². The van der Waals surface area contributed by atoms with Crippen molar-refractivity contribution in [3.05, 3.63) is 38.0 Å².